The van der Waals surface area contributed by atoms with Crippen molar-refractivity contribution in [3.8, 4) is 0 Å². The van der Waals surface area contributed by atoms with Crippen LogP contribution in [0.3, 0.4) is 0 Å². The van der Waals surface area contributed by atoms with Gasteiger partial charge in [0.1, 0.15) is 0 Å². The highest BCUT2D eigenvalue weighted by atomic mass is 32.2. The first-order valence-electron chi connectivity index (χ1n) is 6.76. The van der Waals surface area contributed by atoms with Gasteiger partial charge in [0.05, 0.1) is 4.90 Å². The van der Waals surface area contributed by atoms with E-state index in [0.717, 1.165) is 12.8 Å². The van der Waals surface area contributed by atoms with Crippen molar-refractivity contribution in [2.75, 3.05) is 13.1 Å². The van der Waals surface area contributed by atoms with Crippen LogP contribution >= 0.6 is 11.3 Å². The first-order valence-corrected chi connectivity index (χ1v) is 9.08. The van der Waals surface area contributed by atoms with Gasteiger partial charge >= 0.3 is 0 Å². The molecule has 2 aromatic rings. The summed E-state index contributed by atoms with van der Waals surface area (Å²) in [6.45, 7) is 1.22. The van der Waals surface area contributed by atoms with Gasteiger partial charge in [0, 0.05) is 18.0 Å². The Hall–Kier alpha value is -1.17. The molecule has 0 atom stereocenters. The van der Waals surface area contributed by atoms with Crippen LogP contribution in [0.15, 0.2) is 52.7 Å². The third kappa shape index (κ3) is 2.66. The predicted molar refractivity (Wildman–Crippen MR) is 81.5 cm³/mol. The second-order valence-corrected chi connectivity index (χ2v) is 7.92. The van der Waals surface area contributed by atoms with Gasteiger partial charge in [-0.3, -0.25) is 0 Å². The molecule has 106 valence electrons. The van der Waals surface area contributed by atoms with Crippen LogP contribution in [0.25, 0.3) is 0 Å². The highest BCUT2D eigenvalue weighted by molar-refractivity contribution is 7.89. The summed E-state index contributed by atoms with van der Waals surface area (Å²) in [6.07, 6.45) is 1.82. The molecule has 0 unspecified atom stereocenters. The Balaban J connectivity index is 1.72. The third-order valence-electron chi connectivity index (χ3n) is 3.78. The Kier molecular flexibility index (Phi) is 3.92. The Bertz CT molecular complexity index is 642. The highest BCUT2D eigenvalue weighted by Crippen LogP contribution is 2.32. The van der Waals surface area contributed by atoms with E-state index in [-0.39, 0.29) is 0 Å². The summed E-state index contributed by atoms with van der Waals surface area (Å²) in [5.74, 6) is 0.511. The van der Waals surface area contributed by atoms with Crippen molar-refractivity contribution in [2.45, 2.75) is 23.7 Å². The Morgan fingerprint density at radius 2 is 1.70 bits per heavy atom. The van der Waals surface area contributed by atoms with Gasteiger partial charge in [-0.05, 0) is 42.3 Å². The average molecular weight is 307 g/mol. The summed E-state index contributed by atoms with van der Waals surface area (Å²) in [5, 5.41) is 2.09. The molecule has 1 aliphatic heterocycles. The molecule has 0 N–H and O–H groups in total. The van der Waals surface area contributed by atoms with Crippen molar-refractivity contribution in [2.24, 2.45) is 0 Å². The molecule has 2 heterocycles. The van der Waals surface area contributed by atoms with Gasteiger partial charge in [-0.1, -0.05) is 24.3 Å². The molecule has 0 bridgehead atoms. The number of hydrogen-bond donors (Lipinski definition) is 0. The number of thiophene rings is 1. The molecule has 0 radical (unpaired) electrons. The van der Waals surface area contributed by atoms with Crippen LogP contribution < -0.4 is 0 Å². The monoisotopic (exact) mass is 307 g/mol. The number of rotatable bonds is 3. The van der Waals surface area contributed by atoms with Gasteiger partial charge in [0.15, 0.2) is 0 Å². The van der Waals surface area contributed by atoms with Crippen LogP contribution in [0, 0.1) is 0 Å². The van der Waals surface area contributed by atoms with Gasteiger partial charge < -0.3 is 0 Å². The molecule has 0 aliphatic carbocycles. The molecule has 5 heteroatoms. The molecule has 3 nitrogen and oxygen atoms in total. The van der Waals surface area contributed by atoms with E-state index >= 15 is 0 Å². The molecule has 3 rings (SSSR count). The molecule has 0 amide bonds. The van der Waals surface area contributed by atoms with E-state index in [1.165, 1.54) is 4.88 Å². The lowest BCUT2D eigenvalue weighted by Crippen LogP contribution is -2.37. The van der Waals surface area contributed by atoms with Crippen LogP contribution in [0.4, 0.5) is 0 Å². The highest BCUT2D eigenvalue weighted by Gasteiger charge is 2.29. The SMILES string of the molecule is O=S(=O)(c1ccccc1)N1CCC(c2cccs2)CC1. The zero-order valence-corrected chi connectivity index (χ0v) is 12.7. The molecule has 1 fully saturated rings. The minimum absolute atomic E-state index is 0.398. The fraction of sp³-hybridized carbons (Fsp3) is 0.333. The van der Waals surface area contributed by atoms with E-state index < -0.39 is 10.0 Å². The maximum atomic E-state index is 12.5. The van der Waals surface area contributed by atoms with Crippen LogP contribution in [-0.2, 0) is 10.0 Å². The number of piperidine rings is 1. The number of benzene rings is 1. The Morgan fingerprint density at radius 1 is 1.00 bits per heavy atom. The standard InChI is InChI=1S/C15H17NO2S2/c17-20(18,14-5-2-1-3-6-14)16-10-8-13(9-11-16)15-7-4-12-19-15/h1-7,12-13H,8-11H2. The second kappa shape index (κ2) is 5.68. The fourth-order valence-electron chi connectivity index (χ4n) is 2.65. The summed E-state index contributed by atoms with van der Waals surface area (Å²) in [4.78, 5) is 1.77. The summed E-state index contributed by atoms with van der Waals surface area (Å²) in [5.41, 5.74) is 0. The minimum Gasteiger partial charge on any atom is -0.207 e. The van der Waals surface area contributed by atoms with Crippen LogP contribution in [0.5, 0.6) is 0 Å². The summed E-state index contributed by atoms with van der Waals surface area (Å²) >= 11 is 1.77. The van der Waals surface area contributed by atoms with E-state index in [1.807, 2.05) is 6.07 Å². The molecule has 1 aromatic carbocycles. The molecule has 0 saturated carbocycles. The van der Waals surface area contributed by atoms with E-state index in [2.05, 4.69) is 17.5 Å². The third-order valence-corrected chi connectivity index (χ3v) is 6.73. The predicted octanol–water partition coefficient (Wildman–Crippen LogP) is 3.32. The number of hydrogen-bond acceptors (Lipinski definition) is 3. The maximum absolute atomic E-state index is 12.5. The largest absolute Gasteiger partial charge is 0.243 e. The van der Waals surface area contributed by atoms with Gasteiger partial charge in [-0.2, -0.15) is 4.31 Å². The number of nitrogens with zero attached hydrogens (tertiary/aromatic N) is 1. The van der Waals surface area contributed by atoms with Crippen molar-refractivity contribution < 1.29 is 8.42 Å². The summed E-state index contributed by atoms with van der Waals surface area (Å²) < 4.78 is 26.6. The maximum Gasteiger partial charge on any atom is 0.243 e. The fourth-order valence-corrected chi connectivity index (χ4v) is 5.04. The molecule has 20 heavy (non-hydrogen) atoms. The van der Waals surface area contributed by atoms with E-state index in [9.17, 15) is 8.42 Å². The van der Waals surface area contributed by atoms with Gasteiger partial charge in [0.25, 0.3) is 0 Å². The Morgan fingerprint density at radius 3 is 2.30 bits per heavy atom. The molecule has 1 saturated heterocycles. The van der Waals surface area contributed by atoms with Crippen molar-refractivity contribution in [3.05, 3.63) is 52.7 Å². The van der Waals surface area contributed by atoms with Crippen molar-refractivity contribution in [1.82, 2.24) is 4.31 Å². The zero-order chi connectivity index (χ0) is 14.0. The normalized spacial score (nSPS) is 18.2. The van der Waals surface area contributed by atoms with Gasteiger partial charge in [-0.25, -0.2) is 8.42 Å². The van der Waals surface area contributed by atoms with E-state index in [4.69, 9.17) is 0 Å². The molecule has 0 spiro atoms. The van der Waals surface area contributed by atoms with Gasteiger partial charge in [-0.15, -0.1) is 11.3 Å². The smallest absolute Gasteiger partial charge is 0.207 e. The second-order valence-electron chi connectivity index (χ2n) is 5.01. The summed E-state index contributed by atoms with van der Waals surface area (Å²) in [6, 6.07) is 12.9. The van der Waals surface area contributed by atoms with Crippen LogP contribution in [0.1, 0.15) is 23.6 Å². The summed E-state index contributed by atoms with van der Waals surface area (Å²) in [7, 11) is -3.32. The molecule has 1 aliphatic rings. The molecular formula is C15H17NO2S2. The Labute approximate surface area is 123 Å². The lowest BCUT2D eigenvalue weighted by molar-refractivity contribution is 0.321. The average Bonchev–Trinajstić information content (AvgIpc) is 3.02. The van der Waals surface area contributed by atoms with Gasteiger partial charge in [0.2, 0.25) is 10.0 Å². The van der Waals surface area contributed by atoms with Crippen molar-refractivity contribution in [3.63, 3.8) is 0 Å². The minimum atomic E-state index is -3.32. The lowest BCUT2D eigenvalue weighted by Gasteiger charge is -2.30. The first-order chi connectivity index (χ1) is 9.68. The lowest BCUT2D eigenvalue weighted by atomic mass is 9.97. The zero-order valence-electron chi connectivity index (χ0n) is 11.1. The number of sulfonamides is 1. The topological polar surface area (TPSA) is 37.4 Å². The quantitative estimate of drug-likeness (QED) is 0.872. The first kappa shape index (κ1) is 13.8. The van der Waals surface area contributed by atoms with E-state index in [0.29, 0.717) is 23.9 Å². The van der Waals surface area contributed by atoms with Crippen molar-refractivity contribution in [1.29, 1.82) is 0 Å². The van der Waals surface area contributed by atoms with E-state index in [1.54, 1.807) is 39.9 Å². The van der Waals surface area contributed by atoms with Crippen LogP contribution in [0.2, 0.25) is 0 Å². The van der Waals surface area contributed by atoms with Crippen molar-refractivity contribution >= 4 is 21.4 Å². The molecule has 1 aromatic heterocycles. The molecular weight excluding hydrogens is 290 g/mol. The van der Waals surface area contributed by atoms with Crippen LogP contribution in [-0.4, -0.2) is 25.8 Å².